The third-order valence-electron chi connectivity index (χ3n) is 4.03. The molecule has 2 atom stereocenters. The molecular weight excluding hydrogens is 228 g/mol. The van der Waals surface area contributed by atoms with E-state index in [-0.39, 0.29) is 6.10 Å². The van der Waals surface area contributed by atoms with Crippen molar-refractivity contribution in [1.82, 2.24) is 0 Å². The van der Waals surface area contributed by atoms with E-state index < -0.39 is 0 Å². The summed E-state index contributed by atoms with van der Waals surface area (Å²) in [4.78, 5) is 1.36. The minimum absolute atomic E-state index is 0.0954. The second kappa shape index (κ2) is 5.03. The standard InChI is InChI=1S/C15H20OS/c16-14-6-1-2-7-15(14)17-13-9-8-11-4-3-5-12(11)10-13/h8-10,14-16H,1-7H2/t14-,15-/m0/s1. The van der Waals surface area contributed by atoms with Crippen molar-refractivity contribution in [2.24, 2.45) is 0 Å². The van der Waals surface area contributed by atoms with Gasteiger partial charge in [-0.05, 0) is 55.4 Å². The van der Waals surface area contributed by atoms with Crippen LogP contribution in [0.2, 0.25) is 0 Å². The molecule has 0 bridgehead atoms. The van der Waals surface area contributed by atoms with Crippen LogP contribution in [0.1, 0.15) is 43.2 Å². The molecule has 0 spiro atoms. The average molecular weight is 248 g/mol. The largest absolute Gasteiger partial charge is 0.392 e. The maximum atomic E-state index is 10.0. The number of hydrogen-bond donors (Lipinski definition) is 1. The number of aliphatic hydroxyl groups excluding tert-OH is 1. The summed E-state index contributed by atoms with van der Waals surface area (Å²) in [7, 11) is 0. The van der Waals surface area contributed by atoms with Crippen molar-refractivity contribution >= 4 is 11.8 Å². The van der Waals surface area contributed by atoms with Crippen LogP contribution in [0.15, 0.2) is 23.1 Å². The smallest absolute Gasteiger partial charge is 0.0662 e. The van der Waals surface area contributed by atoms with Crippen LogP contribution in [-0.2, 0) is 12.8 Å². The van der Waals surface area contributed by atoms with Gasteiger partial charge in [-0.3, -0.25) is 0 Å². The molecule has 0 radical (unpaired) electrons. The van der Waals surface area contributed by atoms with Crippen molar-refractivity contribution in [3.63, 3.8) is 0 Å². The van der Waals surface area contributed by atoms with Crippen LogP contribution in [0.25, 0.3) is 0 Å². The van der Waals surface area contributed by atoms with Crippen LogP contribution in [0.4, 0.5) is 0 Å². The summed E-state index contributed by atoms with van der Waals surface area (Å²) in [6, 6.07) is 6.89. The molecule has 1 N–H and O–H groups in total. The lowest BCUT2D eigenvalue weighted by Gasteiger charge is -2.27. The van der Waals surface area contributed by atoms with E-state index >= 15 is 0 Å². The third-order valence-corrected chi connectivity index (χ3v) is 5.40. The highest BCUT2D eigenvalue weighted by Gasteiger charge is 2.24. The monoisotopic (exact) mass is 248 g/mol. The van der Waals surface area contributed by atoms with Gasteiger partial charge in [0.05, 0.1) is 6.10 Å². The lowest BCUT2D eigenvalue weighted by atomic mass is 9.97. The number of benzene rings is 1. The van der Waals surface area contributed by atoms with Crippen molar-refractivity contribution in [1.29, 1.82) is 0 Å². The Hall–Kier alpha value is -0.470. The van der Waals surface area contributed by atoms with E-state index in [1.807, 2.05) is 11.8 Å². The van der Waals surface area contributed by atoms with Crippen LogP contribution in [-0.4, -0.2) is 16.5 Å². The van der Waals surface area contributed by atoms with E-state index in [1.54, 1.807) is 11.1 Å². The molecule has 2 heteroatoms. The highest BCUT2D eigenvalue weighted by Crippen LogP contribution is 2.35. The molecule has 0 aliphatic heterocycles. The highest BCUT2D eigenvalue weighted by atomic mass is 32.2. The van der Waals surface area contributed by atoms with Gasteiger partial charge in [0, 0.05) is 10.1 Å². The number of hydrogen-bond acceptors (Lipinski definition) is 2. The molecule has 1 saturated carbocycles. The predicted octanol–water partition coefficient (Wildman–Crippen LogP) is 3.57. The Bertz CT molecular complexity index is 402. The van der Waals surface area contributed by atoms with Gasteiger partial charge in [0.15, 0.2) is 0 Å². The molecule has 1 fully saturated rings. The van der Waals surface area contributed by atoms with Gasteiger partial charge in [-0.15, -0.1) is 11.8 Å². The van der Waals surface area contributed by atoms with Crippen molar-refractivity contribution < 1.29 is 5.11 Å². The predicted molar refractivity (Wildman–Crippen MR) is 72.6 cm³/mol. The van der Waals surface area contributed by atoms with Gasteiger partial charge in [0.1, 0.15) is 0 Å². The maximum Gasteiger partial charge on any atom is 0.0662 e. The van der Waals surface area contributed by atoms with E-state index in [1.165, 1.54) is 43.4 Å². The van der Waals surface area contributed by atoms with Crippen LogP contribution < -0.4 is 0 Å². The van der Waals surface area contributed by atoms with Crippen molar-refractivity contribution in [3.8, 4) is 0 Å². The van der Waals surface area contributed by atoms with Gasteiger partial charge < -0.3 is 5.11 Å². The van der Waals surface area contributed by atoms with Gasteiger partial charge in [0.25, 0.3) is 0 Å². The van der Waals surface area contributed by atoms with E-state index in [2.05, 4.69) is 18.2 Å². The number of fused-ring (bicyclic) bond motifs is 1. The first-order valence-corrected chi connectivity index (χ1v) is 7.67. The Morgan fingerprint density at radius 1 is 1.00 bits per heavy atom. The molecule has 0 unspecified atom stereocenters. The summed E-state index contributed by atoms with van der Waals surface area (Å²) >= 11 is 1.89. The Kier molecular flexibility index (Phi) is 3.44. The molecule has 1 aromatic rings. The summed E-state index contributed by atoms with van der Waals surface area (Å²) in [5.41, 5.74) is 3.08. The van der Waals surface area contributed by atoms with Gasteiger partial charge in [0.2, 0.25) is 0 Å². The minimum atomic E-state index is -0.0954. The molecule has 1 nitrogen and oxygen atoms in total. The molecule has 17 heavy (non-hydrogen) atoms. The van der Waals surface area contributed by atoms with Crippen LogP contribution in [0.3, 0.4) is 0 Å². The third kappa shape index (κ3) is 2.53. The highest BCUT2D eigenvalue weighted by molar-refractivity contribution is 8.00. The average Bonchev–Trinajstić information content (AvgIpc) is 2.79. The second-order valence-electron chi connectivity index (χ2n) is 5.29. The van der Waals surface area contributed by atoms with Crippen molar-refractivity contribution in [2.75, 3.05) is 0 Å². The molecule has 0 aromatic heterocycles. The molecule has 2 aliphatic carbocycles. The lowest BCUT2D eigenvalue weighted by molar-refractivity contribution is 0.137. The molecule has 3 rings (SSSR count). The summed E-state index contributed by atoms with van der Waals surface area (Å²) < 4.78 is 0. The summed E-state index contributed by atoms with van der Waals surface area (Å²) in [5, 5.41) is 10.4. The fourth-order valence-electron chi connectivity index (χ4n) is 3.01. The van der Waals surface area contributed by atoms with Gasteiger partial charge in [-0.1, -0.05) is 18.9 Å². The molecule has 0 amide bonds. The van der Waals surface area contributed by atoms with Crippen molar-refractivity contribution in [2.45, 2.75) is 61.2 Å². The zero-order chi connectivity index (χ0) is 11.7. The molecule has 2 aliphatic rings. The Morgan fingerprint density at radius 3 is 2.71 bits per heavy atom. The maximum absolute atomic E-state index is 10.0. The summed E-state index contributed by atoms with van der Waals surface area (Å²) in [5.74, 6) is 0. The summed E-state index contributed by atoms with van der Waals surface area (Å²) in [6.45, 7) is 0. The number of aliphatic hydroxyl groups is 1. The quantitative estimate of drug-likeness (QED) is 0.863. The molecular formula is C15H20OS. The molecule has 1 aromatic carbocycles. The Morgan fingerprint density at radius 2 is 1.82 bits per heavy atom. The van der Waals surface area contributed by atoms with Crippen LogP contribution >= 0.6 is 11.8 Å². The fraction of sp³-hybridized carbons (Fsp3) is 0.600. The van der Waals surface area contributed by atoms with Gasteiger partial charge in [-0.2, -0.15) is 0 Å². The number of thioether (sulfide) groups is 1. The number of rotatable bonds is 2. The first-order valence-electron chi connectivity index (χ1n) is 6.79. The second-order valence-corrected chi connectivity index (χ2v) is 6.60. The van der Waals surface area contributed by atoms with Gasteiger partial charge in [-0.25, -0.2) is 0 Å². The van der Waals surface area contributed by atoms with Crippen molar-refractivity contribution in [3.05, 3.63) is 29.3 Å². The van der Waals surface area contributed by atoms with Crippen LogP contribution in [0, 0.1) is 0 Å². The van der Waals surface area contributed by atoms with Crippen LogP contribution in [0.5, 0.6) is 0 Å². The summed E-state index contributed by atoms with van der Waals surface area (Å²) in [6.07, 6.45) is 8.36. The van der Waals surface area contributed by atoms with E-state index in [4.69, 9.17) is 0 Å². The van der Waals surface area contributed by atoms with E-state index in [0.717, 1.165) is 6.42 Å². The van der Waals surface area contributed by atoms with Gasteiger partial charge >= 0.3 is 0 Å². The first-order chi connectivity index (χ1) is 8.33. The minimum Gasteiger partial charge on any atom is -0.392 e. The molecule has 0 heterocycles. The van der Waals surface area contributed by atoms with E-state index in [9.17, 15) is 5.11 Å². The zero-order valence-electron chi connectivity index (χ0n) is 10.2. The normalized spacial score (nSPS) is 28.1. The topological polar surface area (TPSA) is 20.2 Å². The SMILES string of the molecule is O[C@H]1CCCC[C@@H]1Sc1ccc2c(c1)CCC2. The zero-order valence-corrected chi connectivity index (χ0v) is 11.0. The Balaban J connectivity index is 1.72. The van der Waals surface area contributed by atoms with E-state index in [0.29, 0.717) is 5.25 Å². The molecule has 0 saturated heterocycles. The fourth-order valence-corrected chi connectivity index (χ4v) is 4.30. The Labute approximate surface area is 108 Å². The molecule has 92 valence electrons. The number of aryl methyl sites for hydroxylation is 2. The lowest BCUT2D eigenvalue weighted by Crippen LogP contribution is -2.26. The first kappa shape index (κ1) is 11.6.